The molecule has 0 radical (unpaired) electrons. The lowest BCUT2D eigenvalue weighted by Crippen LogP contribution is -1.90. The van der Waals surface area contributed by atoms with Crippen LogP contribution in [0.3, 0.4) is 0 Å². The number of benzene rings is 2. The van der Waals surface area contributed by atoms with Crippen molar-refractivity contribution in [3.8, 4) is 12.1 Å². The summed E-state index contributed by atoms with van der Waals surface area (Å²) in [6.45, 7) is 0. The molecule has 4 nitrogen and oxygen atoms in total. The van der Waals surface area contributed by atoms with Gasteiger partial charge < -0.3 is 11.5 Å². The van der Waals surface area contributed by atoms with Crippen LogP contribution in [0.25, 0.3) is 12.2 Å². The molecule has 0 saturated carbocycles. The molecule has 2 rings (SSSR count). The van der Waals surface area contributed by atoms with E-state index in [9.17, 15) is 0 Å². The van der Waals surface area contributed by atoms with E-state index in [2.05, 4.69) is 12.1 Å². The van der Waals surface area contributed by atoms with E-state index in [1.807, 2.05) is 0 Å². The van der Waals surface area contributed by atoms with E-state index in [0.29, 0.717) is 22.5 Å². The maximum Gasteiger partial charge on any atom is 0.0998 e. The molecule has 20 heavy (non-hydrogen) atoms. The summed E-state index contributed by atoms with van der Waals surface area (Å²) in [6.07, 6.45) is 3.56. The maximum atomic E-state index is 9.07. The van der Waals surface area contributed by atoms with E-state index in [4.69, 9.17) is 22.0 Å². The average molecular weight is 260 g/mol. The molecule has 0 unspecified atom stereocenters. The second kappa shape index (κ2) is 5.60. The number of nitrogens with zero attached hydrogens (tertiary/aromatic N) is 2. The lowest BCUT2D eigenvalue weighted by molar-refractivity contribution is 1.47. The highest BCUT2D eigenvalue weighted by Gasteiger charge is 2.01. The molecule has 0 atom stereocenters. The van der Waals surface area contributed by atoms with Crippen LogP contribution in [0.4, 0.5) is 11.4 Å². The fraction of sp³-hybridized carbons (Fsp3) is 0. The molecule has 0 spiro atoms. The van der Waals surface area contributed by atoms with Crippen molar-refractivity contribution in [2.24, 2.45) is 0 Å². The third-order valence-corrected chi connectivity index (χ3v) is 2.84. The first-order valence-electron chi connectivity index (χ1n) is 5.91. The third kappa shape index (κ3) is 2.77. The van der Waals surface area contributed by atoms with Crippen LogP contribution in [-0.4, -0.2) is 0 Å². The van der Waals surface area contributed by atoms with Gasteiger partial charge in [0.1, 0.15) is 0 Å². The number of hydrogen-bond acceptors (Lipinski definition) is 4. The Morgan fingerprint density at radius 1 is 0.750 bits per heavy atom. The standard InChI is InChI=1S/C16H12N4/c17-9-13-7-15(19)5-3-11(13)1-2-12-4-6-16(20)8-14(12)10-18/h1-8H,19-20H2. The van der Waals surface area contributed by atoms with Gasteiger partial charge in [0.05, 0.1) is 23.3 Å². The quantitative estimate of drug-likeness (QED) is 0.640. The van der Waals surface area contributed by atoms with Crippen LogP contribution in [0.15, 0.2) is 36.4 Å². The molecule has 0 fully saturated rings. The summed E-state index contributed by atoms with van der Waals surface area (Å²) in [7, 11) is 0. The molecule has 2 aromatic carbocycles. The molecule has 0 amide bonds. The number of rotatable bonds is 2. The third-order valence-electron chi connectivity index (χ3n) is 2.84. The molecule has 4 heteroatoms. The molecule has 2 aromatic rings. The zero-order chi connectivity index (χ0) is 14.5. The molecule has 0 aromatic heterocycles. The van der Waals surface area contributed by atoms with E-state index in [0.717, 1.165) is 11.1 Å². The highest BCUT2D eigenvalue weighted by Crippen LogP contribution is 2.19. The Morgan fingerprint density at radius 2 is 1.15 bits per heavy atom. The number of nitriles is 2. The van der Waals surface area contributed by atoms with Crippen molar-refractivity contribution in [1.29, 1.82) is 10.5 Å². The minimum absolute atomic E-state index is 0.496. The van der Waals surface area contributed by atoms with Gasteiger partial charge in [-0.2, -0.15) is 10.5 Å². The van der Waals surface area contributed by atoms with E-state index in [1.165, 1.54) is 0 Å². The summed E-state index contributed by atoms with van der Waals surface area (Å²) in [5.74, 6) is 0. The number of hydrogen-bond donors (Lipinski definition) is 2. The Hall–Kier alpha value is -3.24. The monoisotopic (exact) mass is 260 g/mol. The van der Waals surface area contributed by atoms with Crippen LogP contribution in [0.1, 0.15) is 22.3 Å². The van der Waals surface area contributed by atoms with Crippen LogP contribution in [0.2, 0.25) is 0 Å². The highest BCUT2D eigenvalue weighted by molar-refractivity contribution is 5.76. The smallest absolute Gasteiger partial charge is 0.0998 e. The van der Waals surface area contributed by atoms with E-state index < -0.39 is 0 Å². The van der Waals surface area contributed by atoms with Gasteiger partial charge in [0, 0.05) is 11.4 Å². The summed E-state index contributed by atoms with van der Waals surface area (Å²) >= 11 is 0. The summed E-state index contributed by atoms with van der Waals surface area (Å²) in [5, 5.41) is 18.1. The minimum atomic E-state index is 0.496. The summed E-state index contributed by atoms with van der Waals surface area (Å²) in [4.78, 5) is 0. The van der Waals surface area contributed by atoms with E-state index in [1.54, 1.807) is 48.6 Å². The van der Waals surface area contributed by atoms with E-state index >= 15 is 0 Å². The van der Waals surface area contributed by atoms with Gasteiger partial charge in [0.15, 0.2) is 0 Å². The molecule has 4 N–H and O–H groups in total. The Labute approximate surface area is 117 Å². The second-order valence-electron chi connectivity index (χ2n) is 4.25. The maximum absolute atomic E-state index is 9.07. The molecule has 0 aliphatic carbocycles. The van der Waals surface area contributed by atoms with Gasteiger partial charge in [-0.15, -0.1) is 0 Å². The lowest BCUT2D eigenvalue weighted by atomic mass is 10.0. The van der Waals surface area contributed by atoms with Gasteiger partial charge in [-0.3, -0.25) is 0 Å². The summed E-state index contributed by atoms with van der Waals surface area (Å²) in [5.41, 5.74) is 14.9. The van der Waals surface area contributed by atoms with Gasteiger partial charge in [-0.1, -0.05) is 24.3 Å². The molecular weight excluding hydrogens is 248 g/mol. The van der Waals surface area contributed by atoms with Crippen molar-refractivity contribution < 1.29 is 0 Å². The highest BCUT2D eigenvalue weighted by atomic mass is 14.5. The predicted molar refractivity (Wildman–Crippen MR) is 80.1 cm³/mol. The van der Waals surface area contributed by atoms with Crippen molar-refractivity contribution in [1.82, 2.24) is 0 Å². The van der Waals surface area contributed by atoms with Crippen molar-refractivity contribution in [3.05, 3.63) is 58.7 Å². The molecule has 0 heterocycles. The zero-order valence-corrected chi connectivity index (χ0v) is 10.7. The Morgan fingerprint density at radius 3 is 1.50 bits per heavy atom. The predicted octanol–water partition coefficient (Wildman–Crippen LogP) is 2.76. The van der Waals surface area contributed by atoms with Gasteiger partial charge in [0.25, 0.3) is 0 Å². The first-order valence-corrected chi connectivity index (χ1v) is 5.91. The topological polar surface area (TPSA) is 99.6 Å². The second-order valence-corrected chi connectivity index (χ2v) is 4.25. The van der Waals surface area contributed by atoms with Crippen molar-refractivity contribution in [2.75, 3.05) is 11.5 Å². The van der Waals surface area contributed by atoms with Gasteiger partial charge in [0.2, 0.25) is 0 Å². The van der Waals surface area contributed by atoms with Crippen LogP contribution >= 0.6 is 0 Å². The molecular formula is C16H12N4. The molecule has 0 bridgehead atoms. The number of nitrogen functional groups attached to an aromatic ring is 2. The van der Waals surface area contributed by atoms with E-state index in [-0.39, 0.29) is 0 Å². The van der Waals surface area contributed by atoms with Crippen LogP contribution in [-0.2, 0) is 0 Å². The molecule has 0 saturated heterocycles. The first-order chi connectivity index (χ1) is 9.63. The van der Waals surface area contributed by atoms with Crippen LogP contribution < -0.4 is 11.5 Å². The zero-order valence-electron chi connectivity index (χ0n) is 10.7. The molecule has 0 aliphatic rings. The fourth-order valence-electron chi connectivity index (χ4n) is 1.81. The fourth-order valence-corrected chi connectivity index (χ4v) is 1.81. The molecule has 96 valence electrons. The minimum Gasteiger partial charge on any atom is -0.399 e. The average Bonchev–Trinajstić information content (AvgIpc) is 2.46. The summed E-state index contributed by atoms with van der Waals surface area (Å²) in [6, 6.07) is 14.4. The van der Waals surface area contributed by atoms with Crippen LogP contribution in [0, 0.1) is 22.7 Å². The normalized spacial score (nSPS) is 10.1. The van der Waals surface area contributed by atoms with Crippen LogP contribution in [0.5, 0.6) is 0 Å². The van der Waals surface area contributed by atoms with Crippen molar-refractivity contribution >= 4 is 23.5 Å². The lowest BCUT2D eigenvalue weighted by Gasteiger charge is -2.01. The summed E-state index contributed by atoms with van der Waals surface area (Å²) < 4.78 is 0. The Kier molecular flexibility index (Phi) is 3.70. The number of anilines is 2. The van der Waals surface area contributed by atoms with Gasteiger partial charge in [-0.25, -0.2) is 0 Å². The molecule has 0 aliphatic heterocycles. The Bertz CT molecular complexity index is 696. The Balaban J connectivity index is 2.41. The van der Waals surface area contributed by atoms with Crippen molar-refractivity contribution in [2.45, 2.75) is 0 Å². The largest absolute Gasteiger partial charge is 0.399 e. The first kappa shape index (κ1) is 13.2. The number of nitrogens with two attached hydrogens (primary N) is 2. The SMILES string of the molecule is N#Cc1cc(N)ccc1C=Cc1ccc(N)cc1C#N. The van der Waals surface area contributed by atoms with Crippen molar-refractivity contribution in [3.63, 3.8) is 0 Å². The van der Waals surface area contributed by atoms with Gasteiger partial charge >= 0.3 is 0 Å². The van der Waals surface area contributed by atoms with Gasteiger partial charge in [-0.05, 0) is 35.4 Å².